The number of hydrogen-bond acceptors (Lipinski definition) is 4. The van der Waals surface area contributed by atoms with Crippen LogP contribution in [-0.4, -0.2) is 37.0 Å². The van der Waals surface area contributed by atoms with Crippen molar-refractivity contribution in [1.82, 2.24) is 5.32 Å². The molecule has 3 aromatic carbocycles. The van der Waals surface area contributed by atoms with E-state index in [0.717, 1.165) is 11.1 Å². The number of rotatable bonds is 6. The van der Waals surface area contributed by atoms with Gasteiger partial charge in [0.1, 0.15) is 17.8 Å². The number of benzene rings is 3. The Morgan fingerprint density at radius 3 is 2.34 bits per heavy atom. The normalized spacial score (nSPS) is 18.1. The number of methoxy groups -OCH3 is 1. The van der Waals surface area contributed by atoms with Crippen molar-refractivity contribution in [3.05, 3.63) is 90.0 Å². The molecule has 8 heteroatoms. The molecule has 0 spiro atoms. The number of hydrogen-bond donors (Lipinski definition) is 3. The highest BCUT2D eigenvalue weighted by atomic mass is 16.5. The second kappa shape index (κ2) is 11.0. The fraction of sp³-hybridized carbons (Fsp3) is 0.300. The fourth-order valence-corrected chi connectivity index (χ4v) is 5.11. The highest BCUT2D eigenvalue weighted by Gasteiger charge is 2.45. The molecule has 1 aliphatic rings. The molecule has 0 saturated heterocycles. The summed E-state index contributed by atoms with van der Waals surface area (Å²) < 4.78 is 5.24. The van der Waals surface area contributed by atoms with Gasteiger partial charge in [0.05, 0.1) is 7.11 Å². The zero-order valence-electron chi connectivity index (χ0n) is 22.1. The minimum absolute atomic E-state index is 0.211. The minimum Gasteiger partial charge on any atom is -0.497 e. The molecule has 3 aromatic rings. The van der Waals surface area contributed by atoms with E-state index >= 15 is 0 Å². The van der Waals surface area contributed by atoms with Crippen LogP contribution in [0.25, 0.3) is 0 Å². The minimum atomic E-state index is -0.934. The number of carbonyl (C=O) groups is 3. The third-order valence-corrected chi connectivity index (χ3v) is 6.76. The van der Waals surface area contributed by atoms with Crippen molar-refractivity contribution in [2.24, 2.45) is 11.1 Å². The second-order valence-corrected chi connectivity index (χ2v) is 10.5. The van der Waals surface area contributed by atoms with Gasteiger partial charge in [-0.1, -0.05) is 75.4 Å². The zero-order chi connectivity index (χ0) is 27.4. The molecule has 198 valence electrons. The monoisotopic (exact) mass is 514 g/mol. The Labute approximate surface area is 223 Å². The van der Waals surface area contributed by atoms with Crippen LogP contribution in [0.3, 0.4) is 0 Å². The first-order valence-corrected chi connectivity index (χ1v) is 12.6. The molecule has 38 heavy (non-hydrogen) atoms. The van der Waals surface area contributed by atoms with Crippen LogP contribution in [0.4, 0.5) is 16.2 Å². The van der Waals surface area contributed by atoms with Crippen molar-refractivity contribution >= 4 is 29.2 Å². The summed E-state index contributed by atoms with van der Waals surface area (Å²) in [5.74, 6) is -0.626. The van der Waals surface area contributed by atoms with Crippen molar-refractivity contribution in [2.75, 3.05) is 17.3 Å². The van der Waals surface area contributed by atoms with Crippen LogP contribution >= 0.6 is 0 Å². The van der Waals surface area contributed by atoms with Gasteiger partial charge in [-0.05, 0) is 41.2 Å². The molecule has 3 atom stereocenters. The molecule has 0 fully saturated rings. The number of nitrogens with one attached hydrogen (secondary N) is 2. The van der Waals surface area contributed by atoms with Gasteiger partial charge in [-0.2, -0.15) is 0 Å². The second-order valence-electron chi connectivity index (χ2n) is 10.5. The third-order valence-electron chi connectivity index (χ3n) is 6.76. The van der Waals surface area contributed by atoms with Gasteiger partial charge in [0, 0.05) is 23.4 Å². The van der Waals surface area contributed by atoms with Gasteiger partial charge in [-0.15, -0.1) is 0 Å². The van der Waals surface area contributed by atoms with E-state index in [2.05, 4.69) is 10.6 Å². The van der Waals surface area contributed by atoms with Crippen LogP contribution in [0.1, 0.15) is 44.2 Å². The lowest BCUT2D eigenvalue weighted by atomic mass is 9.84. The molecule has 4 rings (SSSR count). The Kier molecular flexibility index (Phi) is 7.71. The number of nitrogens with zero attached hydrogens (tertiary/aromatic N) is 1. The van der Waals surface area contributed by atoms with Gasteiger partial charge < -0.3 is 21.1 Å². The van der Waals surface area contributed by atoms with Gasteiger partial charge in [0.25, 0.3) is 0 Å². The number of anilines is 2. The fourth-order valence-electron chi connectivity index (χ4n) is 5.11. The average molecular weight is 515 g/mol. The van der Waals surface area contributed by atoms with Crippen LogP contribution in [0.5, 0.6) is 5.75 Å². The number of fused-ring (bicyclic) bond motifs is 1. The van der Waals surface area contributed by atoms with E-state index in [1.165, 1.54) is 4.90 Å². The van der Waals surface area contributed by atoms with E-state index in [1.54, 1.807) is 31.4 Å². The Morgan fingerprint density at radius 2 is 1.68 bits per heavy atom. The Balaban J connectivity index is 1.78. The highest BCUT2D eigenvalue weighted by molar-refractivity contribution is 6.06. The summed E-state index contributed by atoms with van der Waals surface area (Å²) in [6.07, 6.45) is 0.303. The quantitative estimate of drug-likeness (QED) is 0.444. The first-order valence-electron chi connectivity index (χ1n) is 12.6. The smallest absolute Gasteiger partial charge is 0.319 e. The maximum absolute atomic E-state index is 14.2. The predicted octanol–water partition coefficient (Wildman–Crippen LogP) is 4.65. The number of nitrogens with two attached hydrogens (primary N) is 1. The molecule has 0 saturated carbocycles. The van der Waals surface area contributed by atoms with Crippen molar-refractivity contribution in [2.45, 2.75) is 45.2 Å². The SMILES string of the molecule is COc1cccc(NC(=O)NC2CC(c3ccccc3)c3ccccc3N(C(C(N)=O)C(C)(C)C)C2=O)c1. The van der Waals surface area contributed by atoms with Crippen LogP contribution in [0.2, 0.25) is 0 Å². The number of primary amides is 1. The molecule has 0 radical (unpaired) electrons. The molecular formula is C30H34N4O4. The van der Waals surface area contributed by atoms with Gasteiger partial charge in [-0.25, -0.2) is 4.79 Å². The molecule has 0 aromatic heterocycles. The van der Waals surface area contributed by atoms with E-state index in [1.807, 2.05) is 75.4 Å². The highest BCUT2D eigenvalue weighted by Crippen LogP contribution is 2.42. The Morgan fingerprint density at radius 1 is 1.00 bits per heavy atom. The van der Waals surface area contributed by atoms with Gasteiger partial charge >= 0.3 is 6.03 Å². The summed E-state index contributed by atoms with van der Waals surface area (Å²) in [6.45, 7) is 5.61. The van der Waals surface area contributed by atoms with Gasteiger partial charge in [0.2, 0.25) is 11.8 Å². The summed E-state index contributed by atoms with van der Waals surface area (Å²) in [4.78, 5) is 41.7. The summed E-state index contributed by atoms with van der Waals surface area (Å²) in [5.41, 5.74) is 8.27. The largest absolute Gasteiger partial charge is 0.497 e. The molecule has 4 N–H and O–H groups in total. The molecule has 0 aliphatic carbocycles. The van der Waals surface area contributed by atoms with Crippen LogP contribution in [0, 0.1) is 5.41 Å². The van der Waals surface area contributed by atoms with E-state index in [0.29, 0.717) is 23.5 Å². The summed E-state index contributed by atoms with van der Waals surface area (Å²) in [6, 6.07) is 21.9. The van der Waals surface area contributed by atoms with Crippen molar-refractivity contribution in [3.63, 3.8) is 0 Å². The molecule has 3 unspecified atom stereocenters. The zero-order valence-corrected chi connectivity index (χ0v) is 22.1. The van der Waals surface area contributed by atoms with Crippen LogP contribution < -0.4 is 26.0 Å². The number of urea groups is 1. The number of ether oxygens (including phenoxy) is 1. The Bertz CT molecular complexity index is 1320. The molecular weight excluding hydrogens is 480 g/mol. The summed E-state index contributed by atoms with van der Waals surface area (Å²) in [5, 5.41) is 5.66. The molecule has 8 nitrogen and oxygen atoms in total. The van der Waals surface area contributed by atoms with E-state index in [-0.39, 0.29) is 5.92 Å². The summed E-state index contributed by atoms with van der Waals surface area (Å²) in [7, 11) is 1.55. The first-order chi connectivity index (χ1) is 18.1. The topological polar surface area (TPSA) is 114 Å². The number of amides is 4. The van der Waals surface area contributed by atoms with Crippen molar-refractivity contribution in [1.29, 1.82) is 0 Å². The average Bonchev–Trinajstić information content (AvgIpc) is 2.99. The van der Waals surface area contributed by atoms with Gasteiger partial charge in [-0.3, -0.25) is 14.5 Å². The predicted molar refractivity (Wildman–Crippen MR) is 148 cm³/mol. The van der Waals surface area contributed by atoms with Crippen molar-refractivity contribution in [3.8, 4) is 5.75 Å². The van der Waals surface area contributed by atoms with E-state index < -0.39 is 35.3 Å². The van der Waals surface area contributed by atoms with Gasteiger partial charge in [0.15, 0.2) is 0 Å². The molecule has 1 heterocycles. The molecule has 4 amide bonds. The lowest BCUT2D eigenvalue weighted by Crippen LogP contribution is -2.59. The van der Waals surface area contributed by atoms with Crippen LogP contribution in [-0.2, 0) is 9.59 Å². The first kappa shape index (κ1) is 26.7. The standard InChI is InChI=1S/C30H34N4O4/c1-30(2,3)26(27(31)35)34-25-16-9-8-15-22(25)23(19-11-6-5-7-12-19)18-24(28(34)36)33-29(37)32-20-13-10-14-21(17-20)38-4/h5-17,23-24,26H,18H2,1-4H3,(H2,31,35)(H2,32,33,37). The van der Waals surface area contributed by atoms with E-state index in [9.17, 15) is 14.4 Å². The lowest BCUT2D eigenvalue weighted by molar-refractivity contribution is -0.127. The van der Waals surface area contributed by atoms with Crippen LogP contribution in [0.15, 0.2) is 78.9 Å². The molecule has 1 aliphatic heterocycles. The maximum Gasteiger partial charge on any atom is 0.319 e. The maximum atomic E-state index is 14.2. The number of para-hydroxylation sites is 1. The van der Waals surface area contributed by atoms with Crippen molar-refractivity contribution < 1.29 is 19.1 Å². The number of carbonyl (C=O) groups excluding carboxylic acids is 3. The molecule has 0 bridgehead atoms. The lowest BCUT2D eigenvalue weighted by Gasteiger charge is -2.39. The van der Waals surface area contributed by atoms with E-state index in [4.69, 9.17) is 10.5 Å². The third kappa shape index (κ3) is 5.64. The summed E-state index contributed by atoms with van der Waals surface area (Å²) >= 11 is 0. The Hall–Kier alpha value is -4.33.